The average molecular weight is 171 g/mol. The molecule has 0 aliphatic heterocycles. The monoisotopic (exact) mass is 171 g/mol. The van der Waals surface area contributed by atoms with Gasteiger partial charge >= 0.3 is 0 Å². The van der Waals surface area contributed by atoms with Crippen molar-refractivity contribution in [3.05, 3.63) is 0 Å². The number of amides is 1. The van der Waals surface area contributed by atoms with Crippen LogP contribution >= 0.6 is 0 Å². The molecule has 0 aromatic rings. The maximum atomic E-state index is 11.1. The number of rotatable bonds is 3. The molecule has 0 unspecified atom stereocenters. The zero-order valence-electron chi connectivity index (χ0n) is 8.90. The highest BCUT2D eigenvalue weighted by Gasteiger charge is 2.23. The van der Waals surface area contributed by atoms with Crippen LogP contribution in [0.25, 0.3) is 0 Å². The molecule has 1 amide bonds. The van der Waals surface area contributed by atoms with E-state index in [1.165, 1.54) is 0 Å². The second-order valence-electron chi connectivity index (χ2n) is 4.25. The molecule has 0 saturated carbocycles. The van der Waals surface area contributed by atoms with Gasteiger partial charge in [-0.05, 0) is 11.8 Å². The van der Waals surface area contributed by atoms with Crippen LogP contribution in [0.2, 0.25) is 0 Å². The van der Waals surface area contributed by atoms with Crippen molar-refractivity contribution in [2.24, 2.45) is 5.41 Å². The van der Waals surface area contributed by atoms with Gasteiger partial charge in [-0.2, -0.15) is 0 Å². The fourth-order valence-electron chi connectivity index (χ4n) is 1.23. The van der Waals surface area contributed by atoms with E-state index in [1.54, 1.807) is 0 Å². The van der Waals surface area contributed by atoms with Crippen molar-refractivity contribution < 1.29 is 4.79 Å². The van der Waals surface area contributed by atoms with Gasteiger partial charge in [0.1, 0.15) is 0 Å². The van der Waals surface area contributed by atoms with Gasteiger partial charge < -0.3 is 5.32 Å². The molecule has 2 nitrogen and oxygen atoms in total. The van der Waals surface area contributed by atoms with Crippen LogP contribution in [0.1, 0.15) is 47.5 Å². The Morgan fingerprint density at radius 3 is 2.08 bits per heavy atom. The highest BCUT2D eigenvalue weighted by atomic mass is 16.1. The zero-order chi connectivity index (χ0) is 9.78. The quantitative estimate of drug-likeness (QED) is 0.693. The fraction of sp³-hybridized carbons (Fsp3) is 0.900. The van der Waals surface area contributed by atoms with Gasteiger partial charge in [0.15, 0.2) is 0 Å². The van der Waals surface area contributed by atoms with Gasteiger partial charge in [-0.25, -0.2) is 0 Å². The van der Waals surface area contributed by atoms with Gasteiger partial charge in [-0.3, -0.25) is 4.79 Å². The first-order valence-corrected chi connectivity index (χ1v) is 4.71. The first-order valence-electron chi connectivity index (χ1n) is 4.71. The number of hydrogen-bond donors (Lipinski definition) is 1. The summed E-state index contributed by atoms with van der Waals surface area (Å²) in [7, 11) is 0. The van der Waals surface area contributed by atoms with E-state index in [-0.39, 0.29) is 11.3 Å². The minimum absolute atomic E-state index is 0.150. The Kier molecular flexibility index (Phi) is 4.29. The number of carbonyl (C=O) groups is 1. The van der Waals surface area contributed by atoms with E-state index in [0.29, 0.717) is 12.5 Å². The Hall–Kier alpha value is -0.530. The third-order valence-corrected chi connectivity index (χ3v) is 2.11. The number of hydrogen-bond acceptors (Lipinski definition) is 1. The summed E-state index contributed by atoms with van der Waals surface area (Å²) in [6.07, 6.45) is 1.57. The largest absolute Gasteiger partial charge is 0.353 e. The third kappa shape index (κ3) is 3.74. The molecule has 0 aromatic carbocycles. The lowest BCUT2D eigenvalue weighted by atomic mass is 9.85. The van der Waals surface area contributed by atoms with E-state index in [0.717, 1.165) is 6.42 Å². The van der Waals surface area contributed by atoms with Crippen molar-refractivity contribution in [3.63, 3.8) is 0 Å². The van der Waals surface area contributed by atoms with Crippen LogP contribution < -0.4 is 5.32 Å². The van der Waals surface area contributed by atoms with Crippen LogP contribution in [0.4, 0.5) is 0 Å². The van der Waals surface area contributed by atoms with Crippen molar-refractivity contribution >= 4 is 5.91 Å². The smallest absolute Gasteiger partial charge is 0.219 e. The standard InChI is InChI=1S/C10H21NO/c1-6-8(10(3,4)5)11-9(12)7-2/h8H,6-7H2,1-5H3,(H,11,12)/t8-/m1/s1. The Morgan fingerprint density at radius 1 is 1.33 bits per heavy atom. The van der Waals surface area contributed by atoms with Crippen molar-refractivity contribution in [3.8, 4) is 0 Å². The highest BCUT2D eigenvalue weighted by Crippen LogP contribution is 2.21. The molecule has 1 atom stereocenters. The molecule has 0 rings (SSSR count). The minimum Gasteiger partial charge on any atom is -0.353 e. The van der Waals surface area contributed by atoms with Crippen LogP contribution in [0.15, 0.2) is 0 Å². The molecule has 0 aliphatic carbocycles. The zero-order valence-corrected chi connectivity index (χ0v) is 8.90. The van der Waals surface area contributed by atoms with Crippen molar-refractivity contribution in [2.45, 2.75) is 53.5 Å². The summed E-state index contributed by atoms with van der Waals surface area (Å²) in [6.45, 7) is 10.4. The van der Waals surface area contributed by atoms with E-state index >= 15 is 0 Å². The van der Waals surface area contributed by atoms with E-state index in [1.807, 2.05) is 6.92 Å². The molecule has 0 fully saturated rings. The molecule has 0 heterocycles. The third-order valence-electron chi connectivity index (χ3n) is 2.11. The van der Waals surface area contributed by atoms with Crippen molar-refractivity contribution in [1.82, 2.24) is 5.32 Å². The highest BCUT2D eigenvalue weighted by molar-refractivity contribution is 5.75. The van der Waals surface area contributed by atoms with E-state index < -0.39 is 0 Å². The van der Waals surface area contributed by atoms with Crippen LogP contribution in [0, 0.1) is 5.41 Å². The van der Waals surface area contributed by atoms with Crippen LogP contribution in [0.3, 0.4) is 0 Å². The van der Waals surface area contributed by atoms with Gasteiger partial charge in [0.2, 0.25) is 5.91 Å². The first-order chi connectivity index (χ1) is 5.41. The van der Waals surface area contributed by atoms with Gasteiger partial charge in [-0.1, -0.05) is 34.6 Å². The molecule has 0 aromatic heterocycles. The summed E-state index contributed by atoms with van der Waals surface area (Å²) in [4.78, 5) is 11.1. The van der Waals surface area contributed by atoms with E-state index in [4.69, 9.17) is 0 Å². The lowest BCUT2D eigenvalue weighted by Crippen LogP contribution is -2.42. The summed E-state index contributed by atoms with van der Waals surface area (Å²) < 4.78 is 0. The van der Waals surface area contributed by atoms with Crippen molar-refractivity contribution in [1.29, 1.82) is 0 Å². The molecule has 72 valence electrons. The Bertz CT molecular complexity index is 146. The topological polar surface area (TPSA) is 29.1 Å². The summed E-state index contributed by atoms with van der Waals surface area (Å²) >= 11 is 0. The lowest BCUT2D eigenvalue weighted by molar-refractivity contribution is -0.122. The van der Waals surface area contributed by atoms with Crippen LogP contribution in [-0.4, -0.2) is 11.9 Å². The number of carbonyl (C=O) groups excluding carboxylic acids is 1. The molecular weight excluding hydrogens is 150 g/mol. The van der Waals surface area contributed by atoms with Crippen LogP contribution in [-0.2, 0) is 4.79 Å². The Balaban J connectivity index is 4.09. The predicted molar refractivity (Wildman–Crippen MR) is 52.0 cm³/mol. The van der Waals surface area contributed by atoms with Gasteiger partial charge in [0, 0.05) is 12.5 Å². The summed E-state index contributed by atoms with van der Waals surface area (Å²) in [5.41, 5.74) is 0.166. The van der Waals surface area contributed by atoms with Gasteiger partial charge in [0.25, 0.3) is 0 Å². The summed E-state index contributed by atoms with van der Waals surface area (Å²) in [6, 6.07) is 0.296. The Morgan fingerprint density at radius 2 is 1.83 bits per heavy atom. The molecule has 12 heavy (non-hydrogen) atoms. The maximum Gasteiger partial charge on any atom is 0.219 e. The lowest BCUT2D eigenvalue weighted by Gasteiger charge is -2.30. The molecule has 0 bridgehead atoms. The predicted octanol–water partition coefficient (Wildman–Crippen LogP) is 2.34. The second kappa shape index (κ2) is 4.48. The molecular formula is C10H21NO. The molecule has 0 aliphatic rings. The molecule has 1 N–H and O–H groups in total. The van der Waals surface area contributed by atoms with E-state index in [2.05, 4.69) is 33.0 Å². The molecule has 0 spiro atoms. The second-order valence-corrected chi connectivity index (χ2v) is 4.25. The molecule has 0 saturated heterocycles. The number of nitrogens with one attached hydrogen (secondary N) is 1. The molecule has 0 radical (unpaired) electrons. The van der Waals surface area contributed by atoms with Gasteiger partial charge in [-0.15, -0.1) is 0 Å². The van der Waals surface area contributed by atoms with Gasteiger partial charge in [0.05, 0.1) is 0 Å². The fourth-order valence-corrected chi connectivity index (χ4v) is 1.23. The maximum absolute atomic E-state index is 11.1. The SMILES string of the molecule is CCC(=O)N[C@H](CC)C(C)(C)C. The minimum atomic E-state index is 0.150. The first kappa shape index (κ1) is 11.5. The van der Waals surface area contributed by atoms with E-state index in [9.17, 15) is 4.79 Å². The summed E-state index contributed by atoms with van der Waals surface area (Å²) in [5.74, 6) is 0.150. The normalized spacial score (nSPS) is 14.1. The Labute approximate surface area is 75.7 Å². The summed E-state index contributed by atoms with van der Waals surface area (Å²) in [5, 5.41) is 3.02. The molecule has 2 heteroatoms. The average Bonchev–Trinajstić information content (AvgIpc) is 1.97. The van der Waals surface area contributed by atoms with Crippen molar-refractivity contribution in [2.75, 3.05) is 0 Å². The van der Waals surface area contributed by atoms with Crippen LogP contribution in [0.5, 0.6) is 0 Å².